The number of anilines is 1. The first kappa shape index (κ1) is 17.1. The Hall–Kier alpha value is -3.00. The molecule has 0 aliphatic carbocycles. The zero-order valence-electron chi connectivity index (χ0n) is 15.2. The van der Waals surface area contributed by atoms with E-state index < -0.39 is 6.23 Å². The molecule has 2 aliphatic heterocycles. The number of aromatic nitrogens is 3. The van der Waals surface area contributed by atoms with Crippen molar-refractivity contribution in [2.24, 2.45) is 0 Å². The fourth-order valence-corrected chi connectivity index (χ4v) is 3.76. The maximum Gasteiger partial charge on any atom is 0.247 e. The largest absolute Gasteiger partial charge is 0.454 e. The van der Waals surface area contributed by atoms with Gasteiger partial charge in [-0.25, -0.2) is 0 Å². The van der Waals surface area contributed by atoms with Gasteiger partial charge >= 0.3 is 0 Å². The number of nitrogens with one attached hydrogen (secondary N) is 1. The number of rotatable bonds is 4. The molecule has 5 rings (SSSR count). The minimum Gasteiger partial charge on any atom is -0.454 e. The smallest absolute Gasteiger partial charge is 0.247 e. The van der Waals surface area contributed by atoms with Crippen molar-refractivity contribution in [1.29, 1.82) is 0 Å². The Balaban J connectivity index is 1.57. The summed E-state index contributed by atoms with van der Waals surface area (Å²) < 4.78 is 17.2. The predicted molar refractivity (Wildman–Crippen MR) is 106 cm³/mol. The fraction of sp³-hybridized carbons (Fsp3) is 0.250. The summed E-state index contributed by atoms with van der Waals surface area (Å²) >= 11 is 1.57. The molecule has 0 saturated carbocycles. The first-order chi connectivity index (χ1) is 13.8. The minimum atomic E-state index is -0.447. The molecular formula is C20H18N4O3S. The predicted octanol–water partition coefficient (Wildman–Crippen LogP) is 4.27. The van der Waals surface area contributed by atoms with Crippen molar-refractivity contribution in [3.05, 3.63) is 48.0 Å². The second-order valence-electron chi connectivity index (χ2n) is 6.40. The van der Waals surface area contributed by atoms with Gasteiger partial charge in [-0.2, -0.15) is 4.98 Å². The summed E-state index contributed by atoms with van der Waals surface area (Å²) in [4.78, 5) is 4.63. The molecule has 0 amide bonds. The molecule has 28 heavy (non-hydrogen) atoms. The molecule has 3 heterocycles. The Labute approximate surface area is 166 Å². The highest BCUT2D eigenvalue weighted by Gasteiger charge is 2.27. The maximum atomic E-state index is 6.27. The number of benzene rings is 2. The molecule has 1 atom stereocenters. The fourth-order valence-electron chi connectivity index (χ4n) is 3.13. The van der Waals surface area contributed by atoms with Crippen molar-refractivity contribution >= 4 is 17.4 Å². The van der Waals surface area contributed by atoms with Gasteiger partial charge in [0, 0.05) is 22.6 Å². The zero-order valence-corrected chi connectivity index (χ0v) is 16.0. The van der Waals surface area contributed by atoms with Crippen LogP contribution >= 0.6 is 11.8 Å². The van der Waals surface area contributed by atoms with E-state index in [-0.39, 0.29) is 6.79 Å². The molecule has 2 aromatic carbocycles. The Bertz CT molecular complexity index is 1030. The van der Waals surface area contributed by atoms with Gasteiger partial charge in [0.15, 0.2) is 23.4 Å². The number of para-hydroxylation sites is 1. The molecule has 1 aromatic heterocycles. The van der Waals surface area contributed by atoms with E-state index in [1.54, 1.807) is 11.8 Å². The molecule has 3 aromatic rings. The third-order valence-electron chi connectivity index (χ3n) is 4.47. The van der Waals surface area contributed by atoms with E-state index in [2.05, 4.69) is 27.4 Å². The van der Waals surface area contributed by atoms with Crippen LogP contribution in [0.25, 0.3) is 11.3 Å². The summed E-state index contributed by atoms with van der Waals surface area (Å²) in [7, 11) is 0. The number of thioether (sulfide) groups is 1. The summed E-state index contributed by atoms with van der Waals surface area (Å²) in [6.07, 6.45) is 0.591. The summed E-state index contributed by atoms with van der Waals surface area (Å²) in [5.74, 6) is 2.84. The molecule has 0 saturated heterocycles. The minimum absolute atomic E-state index is 0.235. The van der Waals surface area contributed by atoms with Gasteiger partial charge in [0.1, 0.15) is 0 Å². The van der Waals surface area contributed by atoms with E-state index in [1.165, 1.54) is 0 Å². The van der Waals surface area contributed by atoms with Gasteiger partial charge in [-0.05, 0) is 30.7 Å². The molecule has 8 heteroatoms. The second kappa shape index (κ2) is 7.20. The van der Waals surface area contributed by atoms with Gasteiger partial charge in [-0.1, -0.05) is 36.9 Å². The van der Waals surface area contributed by atoms with Crippen LogP contribution in [0.1, 0.15) is 25.1 Å². The van der Waals surface area contributed by atoms with E-state index in [0.717, 1.165) is 34.7 Å². The van der Waals surface area contributed by atoms with Crippen molar-refractivity contribution in [1.82, 2.24) is 15.2 Å². The zero-order chi connectivity index (χ0) is 18.9. The van der Waals surface area contributed by atoms with Crippen LogP contribution in [0.2, 0.25) is 0 Å². The van der Waals surface area contributed by atoms with Crippen LogP contribution in [0.15, 0.2) is 47.6 Å². The van der Waals surface area contributed by atoms with Gasteiger partial charge < -0.3 is 19.5 Å². The molecule has 7 nitrogen and oxygen atoms in total. The monoisotopic (exact) mass is 394 g/mol. The molecule has 2 aliphatic rings. The quantitative estimate of drug-likeness (QED) is 0.657. The normalized spacial score (nSPS) is 16.4. The summed E-state index contributed by atoms with van der Waals surface area (Å²) in [6.45, 7) is 2.36. The third kappa shape index (κ3) is 3.09. The van der Waals surface area contributed by atoms with Crippen LogP contribution in [0, 0.1) is 0 Å². The van der Waals surface area contributed by atoms with Gasteiger partial charge in [0.05, 0.1) is 0 Å². The number of fused-ring (bicyclic) bond motifs is 4. The number of ether oxygens (including phenoxy) is 3. The Kier molecular flexibility index (Phi) is 4.40. The lowest BCUT2D eigenvalue weighted by Gasteiger charge is -2.19. The van der Waals surface area contributed by atoms with Crippen molar-refractivity contribution < 1.29 is 14.2 Å². The van der Waals surface area contributed by atoms with E-state index in [0.29, 0.717) is 22.5 Å². The van der Waals surface area contributed by atoms with Crippen molar-refractivity contribution in [3.8, 4) is 28.6 Å². The maximum absolute atomic E-state index is 6.27. The van der Waals surface area contributed by atoms with E-state index in [4.69, 9.17) is 14.2 Å². The first-order valence-electron chi connectivity index (χ1n) is 9.11. The van der Waals surface area contributed by atoms with E-state index >= 15 is 0 Å². The lowest BCUT2D eigenvalue weighted by atomic mass is 10.1. The highest BCUT2D eigenvalue weighted by Crippen LogP contribution is 2.41. The Morgan fingerprint density at radius 1 is 1.11 bits per heavy atom. The highest BCUT2D eigenvalue weighted by atomic mass is 32.2. The average Bonchev–Trinajstić information content (AvgIpc) is 3.13. The van der Waals surface area contributed by atoms with E-state index in [9.17, 15) is 0 Å². The van der Waals surface area contributed by atoms with Crippen LogP contribution in [0.5, 0.6) is 17.4 Å². The molecule has 0 radical (unpaired) electrons. The van der Waals surface area contributed by atoms with E-state index in [1.807, 2.05) is 42.5 Å². The van der Waals surface area contributed by atoms with Crippen molar-refractivity contribution in [2.75, 3.05) is 17.9 Å². The SMILES string of the molecule is CCCSc1nnc2c(n1)O[C@H](c1ccc3c(c1)OCO3)Nc1ccccc1-2. The number of nitrogens with zero attached hydrogens (tertiary/aromatic N) is 3. The molecule has 0 spiro atoms. The Morgan fingerprint density at radius 3 is 2.93 bits per heavy atom. The Morgan fingerprint density at radius 2 is 2.00 bits per heavy atom. The van der Waals surface area contributed by atoms with Crippen LogP contribution in [-0.4, -0.2) is 27.7 Å². The van der Waals surface area contributed by atoms with Gasteiger partial charge in [-0.3, -0.25) is 0 Å². The van der Waals surface area contributed by atoms with Crippen LogP contribution in [0.3, 0.4) is 0 Å². The average molecular weight is 394 g/mol. The second-order valence-corrected chi connectivity index (χ2v) is 7.46. The summed E-state index contributed by atoms with van der Waals surface area (Å²) in [5.41, 5.74) is 3.36. The van der Waals surface area contributed by atoms with Crippen LogP contribution in [0.4, 0.5) is 5.69 Å². The standard InChI is InChI=1S/C20H18N4O3S/c1-2-9-28-20-22-19-17(23-24-20)13-5-3-4-6-14(13)21-18(27-19)12-7-8-15-16(10-12)26-11-25-15/h3-8,10,18,21H,2,9,11H2,1H3/t18-/m1/s1. The lowest BCUT2D eigenvalue weighted by molar-refractivity contribution is 0.173. The molecule has 142 valence electrons. The number of hydrogen-bond donors (Lipinski definition) is 1. The first-order valence-corrected chi connectivity index (χ1v) is 10.1. The summed E-state index contributed by atoms with van der Waals surface area (Å²) in [6, 6.07) is 13.7. The molecule has 0 bridgehead atoms. The lowest BCUT2D eigenvalue weighted by Crippen LogP contribution is -2.17. The van der Waals surface area contributed by atoms with Crippen molar-refractivity contribution in [3.63, 3.8) is 0 Å². The van der Waals surface area contributed by atoms with Gasteiger partial charge in [0.25, 0.3) is 0 Å². The van der Waals surface area contributed by atoms with Crippen LogP contribution < -0.4 is 19.5 Å². The highest BCUT2D eigenvalue weighted by molar-refractivity contribution is 7.99. The molecular weight excluding hydrogens is 376 g/mol. The van der Waals surface area contributed by atoms with Crippen molar-refractivity contribution in [2.45, 2.75) is 24.7 Å². The molecule has 1 N–H and O–H groups in total. The van der Waals surface area contributed by atoms with Gasteiger partial charge in [0.2, 0.25) is 17.8 Å². The molecule has 0 fully saturated rings. The summed E-state index contributed by atoms with van der Waals surface area (Å²) in [5, 5.41) is 12.7. The molecule has 0 unspecified atom stereocenters. The van der Waals surface area contributed by atoms with Crippen LogP contribution in [-0.2, 0) is 0 Å². The topological polar surface area (TPSA) is 78.4 Å². The third-order valence-corrected chi connectivity index (χ3v) is 5.51. The van der Waals surface area contributed by atoms with Gasteiger partial charge in [-0.15, -0.1) is 10.2 Å². The number of hydrogen-bond acceptors (Lipinski definition) is 8.